The molecule has 0 aliphatic rings. The standard InChI is InChI=1S/C12H14N4O3S/c1-3-6-16-11(13)14-15-12(16)20-7-8-4-5-9(19-8)10(17)18-2/h3-5H,1,6-7H2,2H3,(H2,13,14). The van der Waals surface area contributed by atoms with Crippen molar-refractivity contribution in [3.05, 3.63) is 36.3 Å². The van der Waals surface area contributed by atoms with Gasteiger partial charge in [0.1, 0.15) is 5.76 Å². The lowest BCUT2D eigenvalue weighted by molar-refractivity contribution is 0.0563. The van der Waals surface area contributed by atoms with Crippen LogP contribution in [0.5, 0.6) is 0 Å². The summed E-state index contributed by atoms with van der Waals surface area (Å²) in [5.74, 6) is 1.16. The minimum Gasteiger partial charge on any atom is -0.463 e. The molecule has 2 aromatic heterocycles. The highest BCUT2D eigenvalue weighted by molar-refractivity contribution is 7.98. The highest BCUT2D eigenvalue weighted by Crippen LogP contribution is 2.23. The molecule has 0 atom stereocenters. The minimum absolute atomic E-state index is 0.176. The Morgan fingerprint density at radius 1 is 1.60 bits per heavy atom. The summed E-state index contributed by atoms with van der Waals surface area (Å²) in [5.41, 5.74) is 5.70. The lowest BCUT2D eigenvalue weighted by atomic mass is 10.4. The molecule has 0 saturated heterocycles. The number of hydrogen-bond donors (Lipinski definition) is 1. The van der Waals surface area contributed by atoms with E-state index in [1.54, 1.807) is 22.8 Å². The number of rotatable bonds is 6. The first-order valence-corrected chi connectivity index (χ1v) is 6.73. The number of anilines is 1. The summed E-state index contributed by atoms with van der Waals surface area (Å²) >= 11 is 1.41. The zero-order chi connectivity index (χ0) is 14.5. The van der Waals surface area contributed by atoms with E-state index in [0.29, 0.717) is 29.2 Å². The highest BCUT2D eigenvalue weighted by atomic mass is 32.2. The van der Waals surface area contributed by atoms with E-state index < -0.39 is 5.97 Å². The zero-order valence-electron chi connectivity index (χ0n) is 10.9. The van der Waals surface area contributed by atoms with Gasteiger partial charge in [0.05, 0.1) is 12.9 Å². The molecule has 0 unspecified atom stereocenters. The molecule has 0 aromatic carbocycles. The molecule has 0 radical (unpaired) electrons. The van der Waals surface area contributed by atoms with E-state index >= 15 is 0 Å². The van der Waals surface area contributed by atoms with Crippen LogP contribution in [0.2, 0.25) is 0 Å². The number of carbonyl (C=O) groups excluding carboxylic acids is 1. The quantitative estimate of drug-likeness (QED) is 0.492. The van der Waals surface area contributed by atoms with Gasteiger partial charge in [-0.05, 0) is 12.1 Å². The van der Waals surface area contributed by atoms with Crippen LogP contribution in [0.3, 0.4) is 0 Å². The van der Waals surface area contributed by atoms with E-state index in [1.165, 1.54) is 18.9 Å². The summed E-state index contributed by atoms with van der Waals surface area (Å²) in [5, 5.41) is 8.45. The molecule has 2 N–H and O–H groups in total. The number of methoxy groups -OCH3 is 1. The molecule has 106 valence electrons. The highest BCUT2D eigenvalue weighted by Gasteiger charge is 2.13. The molecule has 0 amide bonds. The molecule has 0 saturated carbocycles. The van der Waals surface area contributed by atoms with Crippen LogP contribution in [0.4, 0.5) is 5.95 Å². The smallest absolute Gasteiger partial charge is 0.373 e. The average Bonchev–Trinajstić information content (AvgIpc) is 3.05. The molecular weight excluding hydrogens is 280 g/mol. The van der Waals surface area contributed by atoms with Crippen molar-refractivity contribution in [2.75, 3.05) is 12.8 Å². The van der Waals surface area contributed by atoms with Crippen molar-refractivity contribution in [3.8, 4) is 0 Å². The van der Waals surface area contributed by atoms with Crippen molar-refractivity contribution >= 4 is 23.7 Å². The molecule has 20 heavy (non-hydrogen) atoms. The lowest BCUT2D eigenvalue weighted by Crippen LogP contribution is -2.03. The van der Waals surface area contributed by atoms with Crippen LogP contribution in [-0.4, -0.2) is 27.8 Å². The van der Waals surface area contributed by atoms with E-state index in [1.807, 2.05) is 0 Å². The molecule has 2 aromatic rings. The monoisotopic (exact) mass is 294 g/mol. The Morgan fingerprint density at radius 2 is 2.40 bits per heavy atom. The minimum atomic E-state index is -0.500. The summed E-state index contributed by atoms with van der Waals surface area (Å²) in [7, 11) is 1.31. The van der Waals surface area contributed by atoms with Crippen LogP contribution in [0, 0.1) is 0 Å². The van der Waals surface area contributed by atoms with Crippen molar-refractivity contribution in [2.24, 2.45) is 0 Å². The molecule has 7 nitrogen and oxygen atoms in total. The van der Waals surface area contributed by atoms with Gasteiger partial charge in [-0.15, -0.1) is 16.8 Å². The third-order valence-corrected chi connectivity index (χ3v) is 3.44. The fourth-order valence-corrected chi connectivity index (χ4v) is 2.36. The van der Waals surface area contributed by atoms with Gasteiger partial charge in [0, 0.05) is 6.54 Å². The summed E-state index contributed by atoms with van der Waals surface area (Å²) < 4.78 is 11.7. The Hall–Kier alpha value is -2.22. The predicted octanol–water partition coefficient (Wildman–Crippen LogP) is 1.72. The number of nitrogens with two attached hydrogens (primary N) is 1. The van der Waals surface area contributed by atoms with Gasteiger partial charge in [-0.3, -0.25) is 4.57 Å². The van der Waals surface area contributed by atoms with E-state index in [9.17, 15) is 4.79 Å². The topological polar surface area (TPSA) is 96.2 Å². The van der Waals surface area contributed by atoms with Crippen molar-refractivity contribution in [1.82, 2.24) is 14.8 Å². The Balaban J connectivity index is 2.03. The predicted molar refractivity (Wildman–Crippen MR) is 74.2 cm³/mol. The largest absolute Gasteiger partial charge is 0.463 e. The van der Waals surface area contributed by atoms with Gasteiger partial charge in [-0.2, -0.15) is 0 Å². The van der Waals surface area contributed by atoms with Crippen LogP contribution < -0.4 is 5.73 Å². The lowest BCUT2D eigenvalue weighted by Gasteiger charge is -2.03. The van der Waals surface area contributed by atoms with Gasteiger partial charge in [0.15, 0.2) is 5.16 Å². The maximum atomic E-state index is 11.3. The van der Waals surface area contributed by atoms with Gasteiger partial charge in [-0.25, -0.2) is 4.79 Å². The third-order valence-electron chi connectivity index (χ3n) is 2.45. The van der Waals surface area contributed by atoms with Gasteiger partial charge in [0.2, 0.25) is 11.7 Å². The molecule has 8 heteroatoms. The first kappa shape index (κ1) is 14.2. The van der Waals surface area contributed by atoms with Crippen LogP contribution in [0.1, 0.15) is 16.3 Å². The van der Waals surface area contributed by atoms with Crippen molar-refractivity contribution in [1.29, 1.82) is 0 Å². The molecule has 0 spiro atoms. The Bertz CT molecular complexity index is 620. The first-order chi connectivity index (χ1) is 9.65. The van der Waals surface area contributed by atoms with Gasteiger partial charge in [-0.1, -0.05) is 17.8 Å². The average molecular weight is 294 g/mol. The fraction of sp³-hybridized carbons (Fsp3) is 0.250. The second kappa shape index (κ2) is 6.29. The van der Waals surface area contributed by atoms with E-state index in [0.717, 1.165) is 0 Å². The number of ether oxygens (including phenoxy) is 1. The second-order valence-corrected chi connectivity index (χ2v) is 4.73. The number of furan rings is 1. The number of thioether (sulfide) groups is 1. The second-order valence-electron chi connectivity index (χ2n) is 3.79. The number of carbonyl (C=O) groups is 1. The van der Waals surface area contributed by atoms with Gasteiger partial charge >= 0.3 is 5.97 Å². The maximum absolute atomic E-state index is 11.3. The number of allylic oxidation sites excluding steroid dienone is 1. The van der Waals surface area contributed by atoms with Crippen LogP contribution in [0.15, 0.2) is 34.4 Å². The number of nitrogens with zero attached hydrogens (tertiary/aromatic N) is 3. The molecule has 0 aliphatic carbocycles. The van der Waals surface area contributed by atoms with Gasteiger partial charge < -0.3 is 14.9 Å². The van der Waals surface area contributed by atoms with Crippen LogP contribution in [0.25, 0.3) is 0 Å². The van der Waals surface area contributed by atoms with Crippen molar-refractivity contribution in [3.63, 3.8) is 0 Å². The molecule has 2 rings (SSSR count). The summed E-state index contributed by atoms with van der Waals surface area (Å²) in [6.07, 6.45) is 1.71. The number of esters is 1. The Kier molecular flexibility index (Phi) is 4.46. The van der Waals surface area contributed by atoms with Crippen LogP contribution in [-0.2, 0) is 17.0 Å². The number of hydrogen-bond acceptors (Lipinski definition) is 7. The third kappa shape index (κ3) is 3.02. The maximum Gasteiger partial charge on any atom is 0.373 e. The molecule has 0 aliphatic heterocycles. The Labute approximate surface area is 119 Å². The fourth-order valence-electron chi connectivity index (χ4n) is 1.51. The molecule has 0 fully saturated rings. The molecular formula is C12H14N4O3S. The van der Waals surface area contributed by atoms with E-state index in [-0.39, 0.29) is 5.76 Å². The van der Waals surface area contributed by atoms with Crippen molar-refractivity contribution in [2.45, 2.75) is 17.5 Å². The number of nitrogen functional groups attached to an aromatic ring is 1. The van der Waals surface area contributed by atoms with Crippen molar-refractivity contribution < 1.29 is 13.9 Å². The Morgan fingerprint density at radius 3 is 3.10 bits per heavy atom. The van der Waals surface area contributed by atoms with Gasteiger partial charge in [0.25, 0.3) is 0 Å². The summed E-state index contributed by atoms with van der Waals surface area (Å²) in [6, 6.07) is 3.29. The summed E-state index contributed by atoms with van der Waals surface area (Å²) in [4.78, 5) is 11.3. The van der Waals surface area contributed by atoms with E-state index in [2.05, 4.69) is 21.5 Å². The normalized spacial score (nSPS) is 10.4. The molecule has 2 heterocycles. The van der Waals surface area contributed by atoms with Crippen LogP contribution >= 0.6 is 11.8 Å². The molecule has 0 bridgehead atoms. The number of aromatic nitrogens is 3. The SMILES string of the molecule is C=CCn1c(N)nnc1SCc1ccc(C(=O)OC)o1. The van der Waals surface area contributed by atoms with E-state index in [4.69, 9.17) is 10.2 Å². The zero-order valence-corrected chi connectivity index (χ0v) is 11.7. The summed E-state index contributed by atoms with van der Waals surface area (Å²) in [6.45, 7) is 4.19. The first-order valence-electron chi connectivity index (χ1n) is 5.75.